The second-order valence-corrected chi connectivity index (χ2v) is 6.49. The molecule has 1 aliphatic rings. The third kappa shape index (κ3) is 3.44. The van der Waals surface area contributed by atoms with Crippen molar-refractivity contribution >= 4 is 5.97 Å². The zero-order valence-electron chi connectivity index (χ0n) is 11.7. The molecule has 1 fully saturated rings. The molecule has 1 aliphatic carbocycles. The monoisotopic (exact) mass is 242 g/mol. The van der Waals surface area contributed by atoms with Gasteiger partial charge in [-0.3, -0.25) is 0 Å². The fourth-order valence-electron chi connectivity index (χ4n) is 3.27. The summed E-state index contributed by atoms with van der Waals surface area (Å²) in [5.74, 6) is -0.392. The maximum Gasteiger partial charge on any atom is 0.336 e. The van der Waals surface area contributed by atoms with E-state index in [4.69, 9.17) is 4.74 Å². The lowest BCUT2D eigenvalue weighted by Gasteiger charge is -2.45. The van der Waals surface area contributed by atoms with Crippen LogP contribution in [0.2, 0.25) is 0 Å². The van der Waals surface area contributed by atoms with E-state index in [1.807, 2.05) is 13.8 Å². The molecule has 100 valence electrons. The predicted molar refractivity (Wildman–Crippen MR) is 68.0 cm³/mol. The third-order valence-electron chi connectivity index (χ3n) is 3.73. The number of aliphatic carboxylic acids is 1. The van der Waals surface area contributed by atoms with E-state index >= 15 is 0 Å². The van der Waals surface area contributed by atoms with Crippen LogP contribution in [0.3, 0.4) is 0 Å². The van der Waals surface area contributed by atoms with Crippen LogP contribution in [0.5, 0.6) is 0 Å². The van der Waals surface area contributed by atoms with Gasteiger partial charge in [0.05, 0.1) is 6.10 Å². The van der Waals surface area contributed by atoms with Crippen LogP contribution in [0.4, 0.5) is 0 Å². The number of carboxylic acid groups (broad SMARTS) is 1. The van der Waals surface area contributed by atoms with Gasteiger partial charge in [-0.2, -0.15) is 0 Å². The third-order valence-corrected chi connectivity index (χ3v) is 3.73. The average molecular weight is 242 g/mol. The minimum atomic E-state index is -0.976. The van der Waals surface area contributed by atoms with Gasteiger partial charge in [-0.1, -0.05) is 27.7 Å². The first-order chi connectivity index (χ1) is 7.71. The Labute approximate surface area is 105 Å². The van der Waals surface area contributed by atoms with Gasteiger partial charge in [0.15, 0.2) is 5.60 Å². The van der Waals surface area contributed by atoms with Crippen molar-refractivity contribution in [2.75, 3.05) is 0 Å². The summed E-state index contributed by atoms with van der Waals surface area (Å²) in [6.07, 6.45) is 3.18. The quantitative estimate of drug-likeness (QED) is 0.821. The Kier molecular flexibility index (Phi) is 4.23. The normalized spacial score (nSPS) is 34.3. The first-order valence-electron chi connectivity index (χ1n) is 6.62. The number of ether oxygens (including phenoxy) is 1. The van der Waals surface area contributed by atoms with Gasteiger partial charge in [0.2, 0.25) is 0 Å². The Morgan fingerprint density at radius 1 is 1.47 bits per heavy atom. The van der Waals surface area contributed by atoms with Gasteiger partial charge in [-0.15, -0.1) is 0 Å². The van der Waals surface area contributed by atoms with Crippen molar-refractivity contribution in [2.45, 2.75) is 72.0 Å². The topological polar surface area (TPSA) is 46.5 Å². The van der Waals surface area contributed by atoms with E-state index in [1.165, 1.54) is 0 Å². The second kappa shape index (κ2) is 4.97. The molecular weight excluding hydrogens is 216 g/mol. The highest BCUT2D eigenvalue weighted by Gasteiger charge is 2.49. The van der Waals surface area contributed by atoms with E-state index in [0.29, 0.717) is 18.8 Å². The van der Waals surface area contributed by atoms with Gasteiger partial charge in [-0.25, -0.2) is 4.79 Å². The van der Waals surface area contributed by atoms with Crippen LogP contribution >= 0.6 is 0 Å². The van der Waals surface area contributed by atoms with E-state index in [1.54, 1.807) is 0 Å². The summed E-state index contributed by atoms with van der Waals surface area (Å²) in [4.78, 5) is 11.6. The van der Waals surface area contributed by atoms with Crippen LogP contribution in [0, 0.1) is 11.3 Å². The van der Waals surface area contributed by atoms with E-state index in [2.05, 4.69) is 20.8 Å². The van der Waals surface area contributed by atoms with Gasteiger partial charge < -0.3 is 9.84 Å². The smallest absolute Gasteiger partial charge is 0.336 e. The number of hydrogen-bond donors (Lipinski definition) is 1. The Hall–Kier alpha value is -0.570. The standard InChI is InChI=1S/C14H26O3/c1-6-11(3)17-14(12(15)16)8-10(2)7-13(4,5)9-14/h10-11H,6-9H2,1-5H3,(H,15,16). The van der Waals surface area contributed by atoms with Gasteiger partial charge in [0, 0.05) is 0 Å². The summed E-state index contributed by atoms with van der Waals surface area (Å²) in [6.45, 7) is 10.4. The molecule has 0 aromatic rings. The summed E-state index contributed by atoms with van der Waals surface area (Å²) < 4.78 is 5.90. The lowest BCUT2D eigenvalue weighted by molar-refractivity contribution is -0.189. The molecule has 17 heavy (non-hydrogen) atoms. The minimum absolute atomic E-state index is 0.00667. The highest BCUT2D eigenvalue weighted by atomic mass is 16.5. The van der Waals surface area contributed by atoms with Crippen LogP contribution in [-0.4, -0.2) is 22.8 Å². The Morgan fingerprint density at radius 2 is 2.06 bits per heavy atom. The molecule has 0 bridgehead atoms. The number of hydrogen-bond acceptors (Lipinski definition) is 2. The summed E-state index contributed by atoms with van der Waals surface area (Å²) in [5.41, 5.74) is -0.930. The molecule has 3 unspecified atom stereocenters. The molecule has 0 amide bonds. The second-order valence-electron chi connectivity index (χ2n) is 6.49. The SMILES string of the molecule is CCC(C)OC1(C(=O)O)CC(C)CC(C)(C)C1. The van der Waals surface area contributed by atoms with Crippen molar-refractivity contribution in [1.82, 2.24) is 0 Å². The van der Waals surface area contributed by atoms with E-state index < -0.39 is 11.6 Å². The van der Waals surface area contributed by atoms with Crippen LogP contribution in [0.25, 0.3) is 0 Å². The highest BCUT2D eigenvalue weighted by Crippen LogP contribution is 2.46. The molecule has 0 heterocycles. The van der Waals surface area contributed by atoms with E-state index in [9.17, 15) is 9.90 Å². The van der Waals surface area contributed by atoms with Crippen molar-refractivity contribution in [3.63, 3.8) is 0 Å². The molecule has 1 rings (SSSR count). The van der Waals surface area contributed by atoms with Gasteiger partial charge in [-0.05, 0) is 43.9 Å². The minimum Gasteiger partial charge on any atom is -0.479 e. The predicted octanol–water partition coefficient (Wildman–Crippen LogP) is 3.47. The number of rotatable bonds is 4. The Balaban J connectivity index is 2.94. The Bertz CT molecular complexity index is 285. The van der Waals surface area contributed by atoms with Gasteiger partial charge in [0.1, 0.15) is 0 Å². The van der Waals surface area contributed by atoms with Crippen molar-refractivity contribution < 1.29 is 14.6 Å². The van der Waals surface area contributed by atoms with Gasteiger partial charge >= 0.3 is 5.97 Å². The first-order valence-corrected chi connectivity index (χ1v) is 6.62. The summed E-state index contributed by atoms with van der Waals surface area (Å²) in [7, 11) is 0. The highest BCUT2D eigenvalue weighted by molar-refractivity contribution is 5.77. The number of carbonyl (C=O) groups is 1. The first kappa shape index (κ1) is 14.5. The molecule has 1 saturated carbocycles. The molecule has 3 nitrogen and oxygen atoms in total. The fraction of sp³-hybridized carbons (Fsp3) is 0.929. The molecule has 3 atom stereocenters. The van der Waals surface area contributed by atoms with Crippen molar-refractivity contribution in [3.8, 4) is 0 Å². The molecule has 0 spiro atoms. The lowest BCUT2D eigenvalue weighted by atomic mass is 9.65. The molecule has 1 N–H and O–H groups in total. The molecule has 0 aromatic heterocycles. The van der Waals surface area contributed by atoms with Crippen LogP contribution in [0.1, 0.15) is 60.3 Å². The number of carboxylic acids is 1. The largest absolute Gasteiger partial charge is 0.479 e. The molecule has 3 heteroatoms. The molecule has 0 aromatic carbocycles. The average Bonchev–Trinajstić information content (AvgIpc) is 2.13. The molecular formula is C14H26O3. The zero-order valence-corrected chi connectivity index (χ0v) is 11.7. The van der Waals surface area contributed by atoms with Gasteiger partial charge in [0.25, 0.3) is 0 Å². The molecule has 0 radical (unpaired) electrons. The van der Waals surface area contributed by atoms with Crippen LogP contribution in [-0.2, 0) is 9.53 Å². The summed E-state index contributed by atoms with van der Waals surface area (Å²) in [6, 6.07) is 0. The van der Waals surface area contributed by atoms with Crippen molar-refractivity contribution in [3.05, 3.63) is 0 Å². The lowest BCUT2D eigenvalue weighted by Crippen LogP contribution is -2.51. The maximum absolute atomic E-state index is 11.6. The zero-order chi connectivity index (χ0) is 13.3. The maximum atomic E-state index is 11.6. The molecule has 0 aliphatic heterocycles. The van der Waals surface area contributed by atoms with E-state index in [-0.39, 0.29) is 11.5 Å². The molecule has 0 saturated heterocycles. The van der Waals surface area contributed by atoms with Crippen LogP contribution in [0.15, 0.2) is 0 Å². The summed E-state index contributed by atoms with van der Waals surface area (Å²) >= 11 is 0. The summed E-state index contributed by atoms with van der Waals surface area (Å²) in [5, 5.41) is 9.56. The van der Waals surface area contributed by atoms with Crippen molar-refractivity contribution in [1.29, 1.82) is 0 Å². The fourth-order valence-corrected chi connectivity index (χ4v) is 3.27. The Morgan fingerprint density at radius 3 is 2.47 bits per heavy atom. The van der Waals surface area contributed by atoms with Crippen LogP contribution < -0.4 is 0 Å². The van der Waals surface area contributed by atoms with Crippen molar-refractivity contribution in [2.24, 2.45) is 11.3 Å². The van der Waals surface area contributed by atoms with E-state index in [0.717, 1.165) is 12.8 Å².